The van der Waals surface area contributed by atoms with Crippen LogP contribution in [0.1, 0.15) is 18.5 Å². The fourth-order valence-corrected chi connectivity index (χ4v) is 3.77. The Balaban J connectivity index is 1.59. The summed E-state index contributed by atoms with van der Waals surface area (Å²) in [7, 11) is -3.73. The van der Waals surface area contributed by atoms with Gasteiger partial charge in [-0.3, -0.25) is 10.8 Å². The largest absolute Gasteiger partial charge is 0.339 e. The summed E-state index contributed by atoms with van der Waals surface area (Å²) in [6, 6.07) is 4.01. The van der Waals surface area contributed by atoms with Crippen LogP contribution in [0, 0.1) is 11.2 Å². The zero-order chi connectivity index (χ0) is 20.3. The number of rotatable bonds is 6. The lowest BCUT2D eigenvalue weighted by molar-refractivity contribution is 0.241. The van der Waals surface area contributed by atoms with Crippen molar-refractivity contribution in [1.29, 1.82) is 5.41 Å². The molecule has 1 aliphatic rings. The van der Waals surface area contributed by atoms with Gasteiger partial charge >= 0.3 is 0 Å². The van der Waals surface area contributed by atoms with E-state index in [4.69, 9.17) is 15.2 Å². The fraction of sp³-hybridized carbons (Fsp3) is 0.357. The third-order valence-corrected chi connectivity index (χ3v) is 5.27. The van der Waals surface area contributed by atoms with E-state index < -0.39 is 16.0 Å². The van der Waals surface area contributed by atoms with Gasteiger partial charge in [-0.1, -0.05) is 0 Å². The number of nitrogens with one attached hydrogen (secondary N) is 4. The van der Waals surface area contributed by atoms with Gasteiger partial charge in [-0.05, 0) is 57.3 Å². The van der Waals surface area contributed by atoms with Crippen molar-refractivity contribution in [2.45, 2.75) is 18.9 Å². The van der Waals surface area contributed by atoms with Gasteiger partial charge in [0.05, 0.1) is 4.47 Å². The summed E-state index contributed by atoms with van der Waals surface area (Å²) in [4.78, 5) is 0. The van der Waals surface area contributed by atoms with E-state index in [9.17, 15) is 12.8 Å². The molecule has 0 bridgehead atoms. The molecule has 3 rings (SSSR count). The molecule has 28 heavy (non-hydrogen) atoms. The third-order valence-electron chi connectivity index (χ3n) is 4.00. The lowest BCUT2D eigenvalue weighted by Gasteiger charge is -2.31. The van der Waals surface area contributed by atoms with Crippen molar-refractivity contribution in [1.82, 2.24) is 20.0 Å². The van der Waals surface area contributed by atoms with Crippen LogP contribution in [0.3, 0.4) is 0 Å². The monoisotopic (exact) mass is 476 g/mol. The number of hydrogen-bond acceptors (Lipinski definition) is 8. The van der Waals surface area contributed by atoms with Crippen LogP contribution in [0.25, 0.3) is 0 Å². The molecule has 0 saturated carbocycles. The summed E-state index contributed by atoms with van der Waals surface area (Å²) >= 11 is 3.09. The number of aromatic nitrogens is 2. The normalized spacial score (nSPS) is 16.1. The van der Waals surface area contributed by atoms with Crippen molar-refractivity contribution < 1.29 is 17.4 Å². The van der Waals surface area contributed by atoms with Crippen LogP contribution in [0.15, 0.2) is 27.3 Å². The Labute approximate surface area is 168 Å². The van der Waals surface area contributed by atoms with Gasteiger partial charge in [-0.15, -0.1) is 0 Å². The first-order valence-electron chi connectivity index (χ1n) is 8.16. The predicted octanol–water partition coefficient (Wildman–Crippen LogP) is 0.993. The third kappa shape index (κ3) is 5.45. The number of hydrogen-bond donors (Lipinski definition) is 5. The Hall–Kier alpha value is -2.13. The van der Waals surface area contributed by atoms with E-state index >= 15 is 0 Å². The first kappa shape index (κ1) is 20.6. The number of nitrogens with two attached hydrogens (primary N) is 1. The molecule has 14 heteroatoms. The number of hydrazine groups is 1. The van der Waals surface area contributed by atoms with Crippen molar-refractivity contribution in [2.24, 2.45) is 5.14 Å². The van der Waals surface area contributed by atoms with Crippen LogP contribution in [0.2, 0.25) is 0 Å². The van der Waals surface area contributed by atoms with E-state index in [2.05, 4.69) is 41.7 Å². The van der Waals surface area contributed by atoms with E-state index in [0.29, 0.717) is 31.6 Å². The minimum absolute atomic E-state index is 0.0898. The molecule has 2 heterocycles. The van der Waals surface area contributed by atoms with Crippen molar-refractivity contribution >= 4 is 43.5 Å². The van der Waals surface area contributed by atoms with E-state index in [0.717, 1.165) is 0 Å². The average molecular weight is 477 g/mol. The number of nitrogens with zero attached hydrogens (tertiary/aromatic N) is 3. The zero-order valence-corrected chi connectivity index (χ0v) is 16.8. The number of piperidine rings is 1. The molecule has 0 spiro atoms. The summed E-state index contributed by atoms with van der Waals surface area (Å²) < 4.78 is 42.9. The van der Waals surface area contributed by atoms with Gasteiger partial charge in [0.1, 0.15) is 5.82 Å². The van der Waals surface area contributed by atoms with E-state index in [1.54, 1.807) is 0 Å². The first-order valence-corrected chi connectivity index (χ1v) is 10.5. The molecule has 1 fully saturated rings. The van der Waals surface area contributed by atoms with Crippen molar-refractivity contribution in [3.05, 3.63) is 34.2 Å². The Kier molecular flexibility index (Phi) is 6.24. The molecule has 6 N–H and O–H groups in total. The molecule has 0 radical (unpaired) electrons. The van der Waals surface area contributed by atoms with Gasteiger partial charge in [0.15, 0.2) is 11.5 Å². The van der Waals surface area contributed by atoms with Crippen LogP contribution in [0.4, 0.5) is 15.9 Å². The molecule has 0 unspecified atom stereocenters. The number of anilines is 2. The minimum atomic E-state index is -3.73. The maximum absolute atomic E-state index is 13.3. The molecule has 152 valence electrons. The lowest BCUT2D eigenvalue weighted by atomic mass is 10.1. The topological polar surface area (TPSA) is 162 Å². The van der Waals surface area contributed by atoms with Crippen molar-refractivity contribution in [2.75, 3.05) is 23.8 Å². The maximum atomic E-state index is 13.3. The second-order valence-corrected chi connectivity index (χ2v) is 8.31. The first-order chi connectivity index (χ1) is 13.2. The van der Waals surface area contributed by atoms with Crippen LogP contribution < -0.4 is 20.6 Å². The number of amidine groups is 1. The predicted molar refractivity (Wildman–Crippen MR) is 103 cm³/mol. The minimum Gasteiger partial charge on any atom is -0.339 e. The highest BCUT2D eigenvalue weighted by atomic mass is 79.9. The van der Waals surface area contributed by atoms with Crippen LogP contribution in [0.5, 0.6) is 0 Å². The van der Waals surface area contributed by atoms with Crippen molar-refractivity contribution in [3.63, 3.8) is 0 Å². The van der Waals surface area contributed by atoms with Crippen LogP contribution >= 0.6 is 15.9 Å². The van der Waals surface area contributed by atoms with Gasteiger partial charge < -0.3 is 5.32 Å². The van der Waals surface area contributed by atoms with E-state index in [-0.39, 0.29) is 27.9 Å². The number of benzene rings is 1. The van der Waals surface area contributed by atoms with E-state index in [1.807, 2.05) is 5.01 Å². The van der Waals surface area contributed by atoms with Crippen LogP contribution in [-0.4, -0.2) is 48.7 Å². The second-order valence-electron chi connectivity index (χ2n) is 6.13. The highest BCUT2D eigenvalue weighted by Crippen LogP contribution is 2.21. The highest BCUT2D eigenvalue weighted by Gasteiger charge is 2.24. The molecular formula is C14H18BrFN8O3S. The Morgan fingerprint density at radius 1 is 1.36 bits per heavy atom. The standard InChI is InChI=1S/C14H18BrFN8O3S/c15-10-7-9(1-2-11(10)16)19-13(17)12-14(22-27-21-12)20-24-5-3-8(4-6-24)23-28(18,25)26/h1-2,7-8,23H,3-6H2,(H2,17,19)(H,20,22)(H2,18,25,26). The summed E-state index contributed by atoms with van der Waals surface area (Å²) in [6.45, 7) is 1.04. The SMILES string of the molecule is N=C(Nc1ccc(F)c(Br)c1)c1nonc1NN1CCC(NS(N)(=O)=O)CC1. The number of halogens is 2. The summed E-state index contributed by atoms with van der Waals surface area (Å²) in [5, 5.41) is 25.3. The molecule has 1 saturated heterocycles. The van der Waals surface area contributed by atoms with E-state index in [1.165, 1.54) is 18.2 Å². The molecule has 0 aliphatic carbocycles. The summed E-state index contributed by atoms with van der Waals surface area (Å²) in [6.07, 6.45) is 1.09. The Morgan fingerprint density at radius 2 is 2.07 bits per heavy atom. The van der Waals surface area contributed by atoms with Gasteiger partial charge in [-0.2, -0.15) is 13.1 Å². The molecule has 1 aliphatic heterocycles. The van der Waals surface area contributed by atoms with Crippen LogP contribution in [-0.2, 0) is 10.2 Å². The zero-order valence-electron chi connectivity index (χ0n) is 14.4. The molecule has 1 aromatic carbocycles. The van der Waals surface area contributed by atoms with Gasteiger partial charge in [0, 0.05) is 24.8 Å². The summed E-state index contributed by atoms with van der Waals surface area (Å²) in [5.74, 6) is -0.271. The summed E-state index contributed by atoms with van der Waals surface area (Å²) in [5.41, 5.74) is 3.64. The molecule has 2 aromatic rings. The van der Waals surface area contributed by atoms with Gasteiger partial charge in [0.2, 0.25) is 5.82 Å². The molecule has 1 aromatic heterocycles. The molecular weight excluding hydrogens is 459 g/mol. The molecule has 11 nitrogen and oxygen atoms in total. The molecule has 0 atom stereocenters. The van der Waals surface area contributed by atoms with Crippen molar-refractivity contribution in [3.8, 4) is 0 Å². The smallest absolute Gasteiger partial charge is 0.274 e. The highest BCUT2D eigenvalue weighted by molar-refractivity contribution is 9.10. The lowest BCUT2D eigenvalue weighted by Crippen LogP contribution is -2.48. The fourth-order valence-electron chi connectivity index (χ4n) is 2.69. The Morgan fingerprint density at radius 3 is 2.71 bits per heavy atom. The second kappa shape index (κ2) is 8.48. The average Bonchev–Trinajstić information content (AvgIpc) is 3.07. The van der Waals surface area contributed by atoms with Gasteiger partial charge in [-0.25, -0.2) is 19.2 Å². The maximum Gasteiger partial charge on any atom is 0.274 e. The molecule has 0 amide bonds. The quantitative estimate of drug-likeness (QED) is 0.304. The Bertz CT molecular complexity index is 961. The van der Waals surface area contributed by atoms with Gasteiger partial charge in [0.25, 0.3) is 10.2 Å².